The zero-order valence-electron chi connectivity index (χ0n) is 17.0. The summed E-state index contributed by atoms with van der Waals surface area (Å²) in [6.07, 6.45) is 1.02. The van der Waals surface area contributed by atoms with Gasteiger partial charge in [0.1, 0.15) is 12.6 Å². The molecule has 1 aromatic heterocycles. The van der Waals surface area contributed by atoms with Gasteiger partial charge in [0.15, 0.2) is 0 Å². The Balaban J connectivity index is 1.42. The van der Waals surface area contributed by atoms with Gasteiger partial charge in [-0.3, -0.25) is 9.59 Å². The number of fused-ring (bicyclic) bond motifs is 1. The van der Waals surface area contributed by atoms with Crippen molar-refractivity contribution in [3.05, 3.63) is 87.6 Å². The molecular weight excluding hydrogens is 394 g/mol. The lowest BCUT2D eigenvalue weighted by Gasteiger charge is -2.32. The van der Waals surface area contributed by atoms with Gasteiger partial charge in [-0.25, -0.2) is 0 Å². The van der Waals surface area contributed by atoms with Crippen molar-refractivity contribution in [2.45, 2.75) is 25.9 Å². The Labute approximate surface area is 180 Å². The van der Waals surface area contributed by atoms with Crippen molar-refractivity contribution in [1.29, 1.82) is 0 Å². The third-order valence-electron chi connectivity index (χ3n) is 5.58. The molecule has 4 rings (SSSR count). The van der Waals surface area contributed by atoms with E-state index in [9.17, 15) is 9.59 Å². The third kappa shape index (κ3) is 4.78. The summed E-state index contributed by atoms with van der Waals surface area (Å²) >= 11 is 1.70. The lowest BCUT2D eigenvalue weighted by Crippen LogP contribution is -3.12. The third-order valence-corrected chi connectivity index (χ3v) is 6.57. The Bertz CT molecular complexity index is 1030. The van der Waals surface area contributed by atoms with Gasteiger partial charge in [0.05, 0.1) is 18.0 Å². The molecule has 30 heavy (non-hydrogen) atoms. The summed E-state index contributed by atoms with van der Waals surface area (Å²) in [6.45, 7) is 4.30. The Morgan fingerprint density at radius 1 is 1.03 bits per heavy atom. The van der Waals surface area contributed by atoms with Crippen LogP contribution in [-0.2, 0) is 22.6 Å². The van der Waals surface area contributed by atoms with Crippen molar-refractivity contribution in [1.82, 2.24) is 5.32 Å². The lowest BCUT2D eigenvalue weighted by molar-refractivity contribution is -0.945. The molecule has 154 valence electrons. The summed E-state index contributed by atoms with van der Waals surface area (Å²) in [5, 5.41) is 7.60. The Morgan fingerprint density at radius 3 is 2.63 bits per heavy atom. The van der Waals surface area contributed by atoms with Crippen LogP contribution in [0.3, 0.4) is 0 Å². The van der Waals surface area contributed by atoms with Gasteiger partial charge in [-0.15, -0.1) is 11.3 Å². The molecule has 2 atom stereocenters. The number of benzene rings is 2. The maximum atomic E-state index is 12.5. The van der Waals surface area contributed by atoms with E-state index in [-0.39, 0.29) is 6.04 Å². The highest BCUT2D eigenvalue weighted by Crippen LogP contribution is 2.19. The maximum absolute atomic E-state index is 12.5. The van der Waals surface area contributed by atoms with Gasteiger partial charge in [-0.2, -0.15) is 0 Å². The summed E-state index contributed by atoms with van der Waals surface area (Å²) < 4.78 is 0. The minimum atomic E-state index is -0.635. The molecule has 3 N–H and O–H groups in total. The number of rotatable bonds is 5. The minimum absolute atomic E-state index is 0.120. The largest absolute Gasteiger partial charge is 0.341 e. The van der Waals surface area contributed by atoms with Crippen LogP contribution in [0.5, 0.6) is 0 Å². The van der Waals surface area contributed by atoms with E-state index in [1.54, 1.807) is 17.4 Å². The smallest absolute Gasteiger partial charge is 0.313 e. The van der Waals surface area contributed by atoms with E-state index < -0.39 is 11.8 Å². The van der Waals surface area contributed by atoms with E-state index in [1.807, 2.05) is 31.2 Å². The first-order chi connectivity index (χ1) is 14.6. The van der Waals surface area contributed by atoms with Crippen LogP contribution in [0.1, 0.15) is 27.6 Å². The number of thiophene rings is 1. The summed E-state index contributed by atoms with van der Waals surface area (Å²) in [6, 6.07) is 20.3. The number of quaternary nitrogens is 1. The number of carbonyl (C=O) groups excluding carboxylic acids is 2. The van der Waals surface area contributed by atoms with Crippen LogP contribution >= 0.6 is 11.3 Å². The second kappa shape index (κ2) is 9.24. The molecule has 0 saturated carbocycles. The van der Waals surface area contributed by atoms with Crippen LogP contribution < -0.4 is 15.5 Å². The molecule has 0 fully saturated rings. The monoisotopic (exact) mass is 420 g/mol. The number of hydrogen-bond donors (Lipinski definition) is 3. The zero-order valence-corrected chi connectivity index (χ0v) is 17.8. The summed E-state index contributed by atoms with van der Waals surface area (Å²) in [7, 11) is 0. The molecule has 2 amide bonds. The highest BCUT2D eigenvalue weighted by molar-refractivity contribution is 7.10. The number of anilines is 1. The lowest BCUT2D eigenvalue weighted by atomic mass is 9.98. The van der Waals surface area contributed by atoms with Gasteiger partial charge in [-0.05, 0) is 41.6 Å². The zero-order chi connectivity index (χ0) is 20.9. The summed E-state index contributed by atoms with van der Waals surface area (Å²) in [5.41, 5.74) is 4.43. The van der Waals surface area contributed by atoms with E-state index in [0.29, 0.717) is 12.2 Å². The fraction of sp³-hybridized carbons (Fsp3) is 0.250. The van der Waals surface area contributed by atoms with E-state index in [4.69, 9.17) is 0 Å². The average molecular weight is 421 g/mol. The standard InChI is InChI=1S/C24H25N3O2S/c1-17-6-4-9-20(14-17)26-24(29)23(28)25-15-21(22-10-5-13-30-22)27-12-11-18-7-2-3-8-19(18)16-27/h2-10,13-14,21H,11-12,15-16H2,1H3,(H,25,28)(H,26,29)/p+1/t21-/m1/s1. The quantitative estimate of drug-likeness (QED) is 0.556. The van der Waals surface area contributed by atoms with Crippen molar-refractivity contribution in [3.63, 3.8) is 0 Å². The predicted molar refractivity (Wildman–Crippen MR) is 120 cm³/mol. The van der Waals surface area contributed by atoms with Crippen LogP contribution in [0, 0.1) is 6.92 Å². The molecule has 0 aliphatic carbocycles. The number of nitrogens with one attached hydrogen (secondary N) is 3. The van der Waals surface area contributed by atoms with Crippen LogP contribution in [0.4, 0.5) is 5.69 Å². The molecule has 1 aliphatic rings. The van der Waals surface area contributed by atoms with Gasteiger partial charge < -0.3 is 15.5 Å². The fourth-order valence-electron chi connectivity index (χ4n) is 4.02. The van der Waals surface area contributed by atoms with Gasteiger partial charge in [-0.1, -0.05) is 42.5 Å². The highest BCUT2D eigenvalue weighted by Gasteiger charge is 2.30. The van der Waals surface area contributed by atoms with Crippen molar-refractivity contribution in [3.8, 4) is 0 Å². The average Bonchev–Trinajstić information content (AvgIpc) is 3.28. The summed E-state index contributed by atoms with van der Waals surface area (Å²) in [5.74, 6) is -1.24. The van der Waals surface area contributed by atoms with Gasteiger partial charge in [0.2, 0.25) is 0 Å². The molecule has 2 heterocycles. The van der Waals surface area contributed by atoms with E-state index in [1.165, 1.54) is 20.9 Å². The molecule has 0 saturated heterocycles. The second-order valence-corrected chi connectivity index (χ2v) is 8.68. The van der Waals surface area contributed by atoms with Crippen LogP contribution in [0.2, 0.25) is 0 Å². The first-order valence-electron chi connectivity index (χ1n) is 10.2. The van der Waals surface area contributed by atoms with Gasteiger partial charge in [0.25, 0.3) is 0 Å². The number of carbonyl (C=O) groups is 2. The first-order valence-corrected chi connectivity index (χ1v) is 11.1. The fourth-order valence-corrected chi connectivity index (χ4v) is 4.91. The molecule has 0 radical (unpaired) electrons. The van der Waals surface area contributed by atoms with Crippen LogP contribution in [0.25, 0.3) is 0 Å². The topological polar surface area (TPSA) is 62.6 Å². The summed E-state index contributed by atoms with van der Waals surface area (Å²) in [4.78, 5) is 27.4. The Hall–Kier alpha value is -2.96. The van der Waals surface area contributed by atoms with Crippen molar-refractivity contribution in [2.75, 3.05) is 18.4 Å². The number of amides is 2. The molecular formula is C24H26N3O2S+. The highest BCUT2D eigenvalue weighted by atomic mass is 32.1. The molecule has 5 nitrogen and oxygen atoms in total. The van der Waals surface area contributed by atoms with E-state index in [2.05, 4.69) is 46.3 Å². The van der Waals surface area contributed by atoms with E-state index >= 15 is 0 Å². The Kier molecular flexibility index (Phi) is 6.26. The first kappa shape index (κ1) is 20.3. The van der Waals surface area contributed by atoms with Crippen LogP contribution in [0.15, 0.2) is 66.0 Å². The SMILES string of the molecule is Cc1cccc(NC(=O)C(=O)NC[C@H](c2cccs2)[NH+]2CCc3ccccc3C2)c1. The molecule has 1 unspecified atom stereocenters. The number of hydrogen-bond acceptors (Lipinski definition) is 3. The number of aryl methyl sites for hydroxylation is 1. The molecule has 2 aromatic carbocycles. The van der Waals surface area contributed by atoms with Gasteiger partial charge in [0, 0.05) is 17.7 Å². The molecule has 3 aromatic rings. The Morgan fingerprint density at radius 2 is 1.87 bits per heavy atom. The molecule has 1 aliphatic heterocycles. The normalized spacial score (nSPS) is 16.4. The van der Waals surface area contributed by atoms with Crippen LogP contribution in [-0.4, -0.2) is 24.9 Å². The molecule has 6 heteroatoms. The molecule has 0 bridgehead atoms. The van der Waals surface area contributed by atoms with Crippen molar-refractivity contribution >= 4 is 28.8 Å². The van der Waals surface area contributed by atoms with Crippen molar-refractivity contribution < 1.29 is 14.5 Å². The van der Waals surface area contributed by atoms with Gasteiger partial charge >= 0.3 is 11.8 Å². The maximum Gasteiger partial charge on any atom is 0.313 e. The second-order valence-electron chi connectivity index (χ2n) is 7.71. The minimum Gasteiger partial charge on any atom is -0.341 e. The predicted octanol–water partition coefficient (Wildman–Crippen LogP) is 2.49. The van der Waals surface area contributed by atoms with Crippen molar-refractivity contribution in [2.24, 2.45) is 0 Å². The molecule has 0 spiro atoms. The van der Waals surface area contributed by atoms with E-state index in [0.717, 1.165) is 25.1 Å².